The lowest BCUT2D eigenvalue weighted by molar-refractivity contribution is 0.0766. The summed E-state index contributed by atoms with van der Waals surface area (Å²) in [6, 6.07) is 15.9. The second-order valence-electron chi connectivity index (χ2n) is 8.99. The highest BCUT2D eigenvalue weighted by Gasteiger charge is 2.25. The van der Waals surface area contributed by atoms with Gasteiger partial charge in [0.1, 0.15) is 17.5 Å². The summed E-state index contributed by atoms with van der Waals surface area (Å²) >= 11 is 0. The van der Waals surface area contributed by atoms with Gasteiger partial charge < -0.3 is 9.80 Å². The van der Waals surface area contributed by atoms with Crippen LogP contribution in [0.15, 0.2) is 60.8 Å². The summed E-state index contributed by atoms with van der Waals surface area (Å²) in [5.74, 6) is 1.31. The van der Waals surface area contributed by atoms with Crippen molar-refractivity contribution in [3.8, 4) is 5.69 Å². The second kappa shape index (κ2) is 9.82. The minimum Gasteiger partial charge on any atom is -0.354 e. The zero-order chi connectivity index (χ0) is 24.4. The van der Waals surface area contributed by atoms with E-state index in [-0.39, 0.29) is 11.8 Å². The largest absolute Gasteiger partial charge is 0.354 e. The van der Waals surface area contributed by atoms with E-state index >= 15 is 0 Å². The molecular weight excluding hydrogens is 443 g/mol. The number of fused-ring (bicyclic) bond motifs is 1. The standard InChI is InChI=1S/C27H29FN6O/c1-3-19(2)24-30-25(23-18-29-34(26(23)31-24)22-11-5-4-6-12-22)32-13-8-14-33(16-15-32)27(35)20-9-7-10-21(28)17-20/h4-7,9-12,17-19H,3,8,13-16H2,1-2H3. The molecule has 35 heavy (non-hydrogen) atoms. The van der Waals surface area contributed by atoms with Gasteiger partial charge in [0.2, 0.25) is 0 Å². The molecule has 0 N–H and O–H groups in total. The van der Waals surface area contributed by atoms with E-state index in [1.165, 1.54) is 12.1 Å². The van der Waals surface area contributed by atoms with Crippen molar-refractivity contribution in [3.05, 3.63) is 78.0 Å². The molecule has 0 aliphatic carbocycles. The van der Waals surface area contributed by atoms with Crippen LogP contribution < -0.4 is 4.90 Å². The van der Waals surface area contributed by atoms with E-state index in [0.29, 0.717) is 25.2 Å². The molecule has 180 valence electrons. The Hall–Kier alpha value is -3.81. The molecule has 0 bridgehead atoms. The van der Waals surface area contributed by atoms with E-state index in [1.54, 1.807) is 17.0 Å². The number of carbonyl (C=O) groups is 1. The predicted octanol–water partition coefficient (Wildman–Crippen LogP) is 4.82. The Morgan fingerprint density at radius 3 is 2.63 bits per heavy atom. The molecule has 1 saturated heterocycles. The summed E-state index contributed by atoms with van der Waals surface area (Å²) in [7, 11) is 0. The van der Waals surface area contributed by atoms with Crippen molar-refractivity contribution in [2.45, 2.75) is 32.6 Å². The second-order valence-corrected chi connectivity index (χ2v) is 8.99. The highest BCUT2D eigenvalue weighted by molar-refractivity contribution is 5.94. The number of hydrogen-bond acceptors (Lipinski definition) is 5. The molecule has 2 aromatic heterocycles. The summed E-state index contributed by atoms with van der Waals surface area (Å²) in [6.07, 6.45) is 3.55. The first kappa shape index (κ1) is 23.0. The number of amides is 1. The van der Waals surface area contributed by atoms with Crippen molar-refractivity contribution in [2.75, 3.05) is 31.1 Å². The Kier molecular flexibility index (Phi) is 6.44. The average molecular weight is 473 g/mol. The maximum Gasteiger partial charge on any atom is 0.254 e. The van der Waals surface area contributed by atoms with Crippen LogP contribution in [0.25, 0.3) is 16.7 Å². The third-order valence-corrected chi connectivity index (χ3v) is 6.63. The minimum atomic E-state index is -0.399. The Bertz CT molecular complexity index is 1340. The number of hydrogen-bond donors (Lipinski definition) is 0. The van der Waals surface area contributed by atoms with Crippen LogP contribution in [0.2, 0.25) is 0 Å². The van der Waals surface area contributed by atoms with Gasteiger partial charge in [-0.3, -0.25) is 4.79 Å². The molecule has 0 spiro atoms. The lowest BCUT2D eigenvalue weighted by Gasteiger charge is -2.24. The quantitative estimate of drug-likeness (QED) is 0.417. The van der Waals surface area contributed by atoms with Gasteiger partial charge in [-0.05, 0) is 43.2 Å². The number of benzene rings is 2. The van der Waals surface area contributed by atoms with Gasteiger partial charge >= 0.3 is 0 Å². The molecule has 0 saturated carbocycles. The highest BCUT2D eigenvalue weighted by Crippen LogP contribution is 2.29. The summed E-state index contributed by atoms with van der Waals surface area (Å²) in [6.45, 7) is 6.80. The van der Waals surface area contributed by atoms with Crippen LogP contribution >= 0.6 is 0 Å². The van der Waals surface area contributed by atoms with E-state index in [2.05, 4.69) is 23.8 Å². The zero-order valence-corrected chi connectivity index (χ0v) is 20.1. The minimum absolute atomic E-state index is 0.142. The van der Waals surface area contributed by atoms with Gasteiger partial charge in [-0.1, -0.05) is 38.1 Å². The lowest BCUT2D eigenvalue weighted by atomic mass is 10.1. The van der Waals surface area contributed by atoms with Gasteiger partial charge in [0.25, 0.3) is 5.91 Å². The molecule has 1 atom stereocenters. The van der Waals surface area contributed by atoms with Gasteiger partial charge in [-0.2, -0.15) is 5.10 Å². The third kappa shape index (κ3) is 4.60. The summed E-state index contributed by atoms with van der Waals surface area (Å²) < 4.78 is 15.5. The highest BCUT2D eigenvalue weighted by atomic mass is 19.1. The molecule has 8 heteroatoms. The Morgan fingerprint density at radius 2 is 1.86 bits per heavy atom. The van der Waals surface area contributed by atoms with Crippen LogP contribution in [-0.4, -0.2) is 56.7 Å². The number of anilines is 1. The molecule has 7 nitrogen and oxygen atoms in total. The molecular formula is C27H29FN6O. The van der Waals surface area contributed by atoms with Crippen molar-refractivity contribution in [3.63, 3.8) is 0 Å². The van der Waals surface area contributed by atoms with E-state index in [1.807, 2.05) is 41.2 Å². The Balaban J connectivity index is 1.48. The first-order chi connectivity index (χ1) is 17.0. The SMILES string of the molecule is CCC(C)c1nc(N2CCCN(C(=O)c3cccc(F)c3)CC2)c2cnn(-c3ccccc3)c2n1. The number of aromatic nitrogens is 4. The maximum atomic E-state index is 13.7. The summed E-state index contributed by atoms with van der Waals surface area (Å²) in [5, 5.41) is 5.54. The fourth-order valence-corrected chi connectivity index (χ4v) is 4.45. The maximum absolute atomic E-state index is 13.7. The van der Waals surface area contributed by atoms with Crippen LogP contribution in [0, 0.1) is 5.82 Å². The van der Waals surface area contributed by atoms with Gasteiger partial charge in [0.15, 0.2) is 5.65 Å². The van der Waals surface area contributed by atoms with Crippen LogP contribution in [0.1, 0.15) is 48.8 Å². The monoisotopic (exact) mass is 472 g/mol. The topological polar surface area (TPSA) is 67.2 Å². The normalized spacial score (nSPS) is 15.3. The predicted molar refractivity (Wildman–Crippen MR) is 134 cm³/mol. The lowest BCUT2D eigenvalue weighted by Crippen LogP contribution is -2.35. The zero-order valence-electron chi connectivity index (χ0n) is 20.1. The molecule has 4 aromatic rings. The average Bonchev–Trinajstić information content (AvgIpc) is 3.17. The molecule has 1 aliphatic rings. The number of nitrogens with zero attached hydrogens (tertiary/aromatic N) is 6. The van der Waals surface area contributed by atoms with E-state index in [4.69, 9.17) is 9.97 Å². The fourth-order valence-electron chi connectivity index (χ4n) is 4.45. The molecule has 1 fully saturated rings. The number of halogens is 1. The molecule has 1 amide bonds. The summed E-state index contributed by atoms with van der Waals surface area (Å²) in [5.41, 5.74) is 2.12. The summed E-state index contributed by atoms with van der Waals surface area (Å²) in [4.78, 5) is 26.9. The molecule has 3 heterocycles. The van der Waals surface area contributed by atoms with Gasteiger partial charge in [0.05, 0.1) is 17.3 Å². The van der Waals surface area contributed by atoms with E-state index in [9.17, 15) is 9.18 Å². The first-order valence-corrected chi connectivity index (χ1v) is 12.2. The molecule has 0 radical (unpaired) electrons. The van der Waals surface area contributed by atoms with Crippen LogP contribution in [0.4, 0.5) is 10.2 Å². The van der Waals surface area contributed by atoms with Crippen molar-refractivity contribution >= 4 is 22.8 Å². The van der Waals surface area contributed by atoms with E-state index < -0.39 is 5.82 Å². The van der Waals surface area contributed by atoms with Crippen molar-refractivity contribution < 1.29 is 9.18 Å². The smallest absolute Gasteiger partial charge is 0.254 e. The van der Waals surface area contributed by atoms with Crippen LogP contribution in [0.5, 0.6) is 0 Å². The van der Waals surface area contributed by atoms with Gasteiger partial charge in [-0.25, -0.2) is 19.0 Å². The Labute approximate surface area is 204 Å². The van der Waals surface area contributed by atoms with E-state index in [0.717, 1.165) is 47.7 Å². The van der Waals surface area contributed by atoms with Gasteiger partial charge in [0, 0.05) is 37.7 Å². The van der Waals surface area contributed by atoms with Crippen molar-refractivity contribution in [2.24, 2.45) is 0 Å². The molecule has 1 unspecified atom stereocenters. The van der Waals surface area contributed by atoms with Crippen molar-refractivity contribution in [1.82, 2.24) is 24.6 Å². The number of carbonyl (C=O) groups excluding carboxylic acids is 1. The fraction of sp³-hybridized carbons (Fsp3) is 0.333. The van der Waals surface area contributed by atoms with Crippen molar-refractivity contribution in [1.29, 1.82) is 0 Å². The number of rotatable bonds is 5. The Morgan fingerprint density at radius 1 is 1.03 bits per heavy atom. The van der Waals surface area contributed by atoms with Crippen LogP contribution in [0.3, 0.4) is 0 Å². The number of para-hydroxylation sites is 1. The molecule has 5 rings (SSSR count). The first-order valence-electron chi connectivity index (χ1n) is 12.2. The molecule has 2 aromatic carbocycles. The van der Waals surface area contributed by atoms with Gasteiger partial charge in [-0.15, -0.1) is 0 Å². The molecule has 1 aliphatic heterocycles. The third-order valence-electron chi connectivity index (χ3n) is 6.63. The van der Waals surface area contributed by atoms with Crippen LogP contribution in [-0.2, 0) is 0 Å².